The van der Waals surface area contributed by atoms with Gasteiger partial charge in [-0.3, -0.25) is 4.90 Å². The summed E-state index contributed by atoms with van der Waals surface area (Å²) in [4.78, 5) is 2.32. The van der Waals surface area contributed by atoms with Crippen molar-refractivity contribution in [1.82, 2.24) is 10.2 Å². The average molecular weight is 306 g/mol. The molecule has 0 radical (unpaired) electrons. The maximum atomic E-state index is 14.6. The van der Waals surface area contributed by atoms with Gasteiger partial charge in [-0.05, 0) is 63.8 Å². The molecular formula is C18H27FN2O. The molecule has 1 saturated heterocycles. The van der Waals surface area contributed by atoms with Gasteiger partial charge in [0.15, 0.2) is 11.6 Å². The van der Waals surface area contributed by atoms with Crippen molar-refractivity contribution in [2.24, 2.45) is 5.92 Å². The van der Waals surface area contributed by atoms with Crippen molar-refractivity contribution in [1.29, 1.82) is 0 Å². The number of hydrogen-bond donors (Lipinski definition) is 1. The van der Waals surface area contributed by atoms with Crippen LogP contribution >= 0.6 is 0 Å². The molecule has 4 heteroatoms. The van der Waals surface area contributed by atoms with Crippen LogP contribution in [-0.2, 0) is 6.54 Å². The van der Waals surface area contributed by atoms with Gasteiger partial charge in [0, 0.05) is 12.1 Å². The summed E-state index contributed by atoms with van der Waals surface area (Å²) in [5, 5.41) is 3.36. The minimum absolute atomic E-state index is 0.162. The van der Waals surface area contributed by atoms with E-state index in [2.05, 4.69) is 17.1 Å². The lowest BCUT2D eigenvalue weighted by Gasteiger charge is -2.35. The van der Waals surface area contributed by atoms with Crippen molar-refractivity contribution < 1.29 is 9.13 Å². The van der Waals surface area contributed by atoms with Crippen LogP contribution in [-0.4, -0.2) is 37.2 Å². The SMILES string of the molecule is CCNCC1CC(Oc2cccc(CN3CCCC3)c2F)C1. The smallest absolute Gasteiger partial charge is 0.169 e. The second-order valence-corrected chi connectivity index (χ2v) is 6.60. The number of rotatable bonds is 7. The summed E-state index contributed by atoms with van der Waals surface area (Å²) in [5.41, 5.74) is 0.767. The fraction of sp³-hybridized carbons (Fsp3) is 0.667. The van der Waals surface area contributed by atoms with E-state index in [4.69, 9.17) is 4.74 Å². The summed E-state index contributed by atoms with van der Waals surface area (Å²) in [5.74, 6) is 0.953. The molecule has 1 heterocycles. The Morgan fingerprint density at radius 3 is 2.77 bits per heavy atom. The van der Waals surface area contributed by atoms with Crippen LogP contribution in [0.5, 0.6) is 5.75 Å². The number of nitrogens with zero attached hydrogens (tertiary/aromatic N) is 1. The summed E-state index contributed by atoms with van der Waals surface area (Å²) in [6.45, 7) is 7.05. The first-order valence-electron chi connectivity index (χ1n) is 8.63. The third kappa shape index (κ3) is 3.79. The maximum Gasteiger partial charge on any atom is 0.169 e. The molecule has 2 fully saturated rings. The van der Waals surface area contributed by atoms with Crippen LogP contribution in [0, 0.1) is 11.7 Å². The molecule has 0 aromatic heterocycles. The quantitative estimate of drug-likeness (QED) is 0.837. The minimum Gasteiger partial charge on any atom is -0.487 e. The maximum absolute atomic E-state index is 14.6. The van der Waals surface area contributed by atoms with Crippen LogP contribution < -0.4 is 10.1 Å². The number of hydrogen-bond acceptors (Lipinski definition) is 3. The second kappa shape index (κ2) is 7.42. The molecule has 0 spiro atoms. The molecule has 1 N–H and O–H groups in total. The summed E-state index contributed by atoms with van der Waals surface area (Å²) in [6.07, 6.45) is 4.70. The van der Waals surface area contributed by atoms with E-state index in [0.717, 1.165) is 44.6 Å². The van der Waals surface area contributed by atoms with Gasteiger partial charge < -0.3 is 10.1 Å². The van der Waals surface area contributed by atoms with Crippen LogP contribution in [0.4, 0.5) is 4.39 Å². The van der Waals surface area contributed by atoms with E-state index >= 15 is 0 Å². The van der Waals surface area contributed by atoms with Gasteiger partial charge in [-0.15, -0.1) is 0 Å². The molecule has 2 aliphatic rings. The van der Waals surface area contributed by atoms with Crippen molar-refractivity contribution >= 4 is 0 Å². The Hall–Kier alpha value is -1.13. The summed E-state index contributed by atoms with van der Waals surface area (Å²) in [6, 6.07) is 5.56. The number of likely N-dealkylation sites (tertiary alicyclic amines) is 1. The monoisotopic (exact) mass is 306 g/mol. The summed E-state index contributed by atoms with van der Waals surface area (Å²) < 4.78 is 20.5. The fourth-order valence-electron chi connectivity index (χ4n) is 3.42. The number of nitrogens with one attached hydrogen (secondary N) is 1. The number of benzene rings is 1. The molecule has 0 amide bonds. The van der Waals surface area contributed by atoms with Gasteiger partial charge in [-0.1, -0.05) is 19.1 Å². The van der Waals surface area contributed by atoms with Crippen LogP contribution in [0.1, 0.15) is 38.2 Å². The minimum atomic E-state index is -0.162. The molecule has 3 nitrogen and oxygen atoms in total. The predicted octanol–water partition coefficient (Wildman–Crippen LogP) is 3.19. The van der Waals surface area contributed by atoms with Crippen molar-refractivity contribution in [2.75, 3.05) is 26.2 Å². The average Bonchev–Trinajstić information content (AvgIpc) is 2.98. The summed E-state index contributed by atoms with van der Waals surface area (Å²) >= 11 is 0. The van der Waals surface area contributed by atoms with E-state index < -0.39 is 0 Å². The van der Waals surface area contributed by atoms with Gasteiger partial charge in [0.2, 0.25) is 0 Å². The van der Waals surface area contributed by atoms with Gasteiger partial charge in [-0.25, -0.2) is 4.39 Å². The van der Waals surface area contributed by atoms with Crippen LogP contribution in [0.25, 0.3) is 0 Å². The lowest BCUT2D eigenvalue weighted by atomic mass is 9.82. The third-order valence-corrected chi connectivity index (χ3v) is 4.80. The molecule has 0 bridgehead atoms. The molecule has 0 atom stereocenters. The first-order chi connectivity index (χ1) is 10.8. The van der Waals surface area contributed by atoms with E-state index in [0.29, 0.717) is 18.2 Å². The highest BCUT2D eigenvalue weighted by Crippen LogP contribution is 2.32. The van der Waals surface area contributed by atoms with Gasteiger partial charge in [-0.2, -0.15) is 0 Å². The highest BCUT2D eigenvalue weighted by atomic mass is 19.1. The Morgan fingerprint density at radius 1 is 1.27 bits per heavy atom. The van der Waals surface area contributed by atoms with Gasteiger partial charge in [0.1, 0.15) is 0 Å². The van der Waals surface area contributed by atoms with E-state index in [9.17, 15) is 4.39 Å². The van der Waals surface area contributed by atoms with E-state index in [1.54, 1.807) is 6.07 Å². The largest absolute Gasteiger partial charge is 0.487 e. The zero-order valence-electron chi connectivity index (χ0n) is 13.5. The highest BCUT2D eigenvalue weighted by Gasteiger charge is 2.31. The normalized spacial score (nSPS) is 25.2. The van der Waals surface area contributed by atoms with Gasteiger partial charge in [0.25, 0.3) is 0 Å². The molecular weight excluding hydrogens is 279 g/mol. The summed E-state index contributed by atoms with van der Waals surface area (Å²) in [7, 11) is 0. The Labute approximate surface area is 132 Å². The molecule has 122 valence electrons. The van der Waals surface area contributed by atoms with Gasteiger partial charge >= 0.3 is 0 Å². The van der Waals surface area contributed by atoms with E-state index in [1.165, 1.54) is 12.8 Å². The second-order valence-electron chi connectivity index (χ2n) is 6.60. The molecule has 1 aromatic rings. The Kier molecular flexibility index (Phi) is 5.32. The molecule has 0 unspecified atom stereocenters. The molecule has 1 aliphatic heterocycles. The van der Waals surface area contributed by atoms with Crippen molar-refractivity contribution in [2.45, 2.75) is 45.3 Å². The zero-order chi connectivity index (χ0) is 15.4. The first-order valence-corrected chi connectivity index (χ1v) is 8.63. The Morgan fingerprint density at radius 2 is 2.05 bits per heavy atom. The third-order valence-electron chi connectivity index (χ3n) is 4.80. The predicted molar refractivity (Wildman–Crippen MR) is 86.6 cm³/mol. The molecule has 3 rings (SSSR count). The van der Waals surface area contributed by atoms with Crippen LogP contribution in [0.3, 0.4) is 0 Å². The zero-order valence-corrected chi connectivity index (χ0v) is 13.5. The highest BCUT2D eigenvalue weighted by molar-refractivity contribution is 5.31. The van der Waals surface area contributed by atoms with Crippen LogP contribution in [0.2, 0.25) is 0 Å². The molecule has 1 aromatic carbocycles. The lowest BCUT2D eigenvalue weighted by molar-refractivity contribution is 0.0612. The lowest BCUT2D eigenvalue weighted by Crippen LogP contribution is -2.39. The molecule has 1 saturated carbocycles. The Bertz CT molecular complexity index is 482. The van der Waals surface area contributed by atoms with Gasteiger partial charge in [0.05, 0.1) is 6.10 Å². The van der Waals surface area contributed by atoms with Crippen molar-refractivity contribution in [3.8, 4) is 5.75 Å². The number of ether oxygens (including phenoxy) is 1. The number of halogens is 1. The fourth-order valence-corrected chi connectivity index (χ4v) is 3.42. The standard InChI is InChI=1S/C18H27FN2O/c1-2-20-12-14-10-16(11-14)22-17-7-5-6-15(18(17)19)13-21-8-3-4-9-21/h5-7,14,16,20H,2-4,8-13H2,1H3. The van der Waals surface area contributed by atoms with Crippen molar-refractivity contribution in [3.05, 3.63) is 29.6 Å². The topological polar surface area (TPSA) is 24.5 Å². The van der Waals surface area contributed by atoms with E-state index in [1.807, 2.05) is 12.1 Å². The van der Waals surface area contributed by atoms with Crippen molar-refractivity contribution in [3.63, 3.8) is 0 Å². The molecule has 1 aliphatic carbocycles. The van der Waals surface area contributed by atoms with E-state index in [-0.39, 0.29) is 11.9 Å². The molecule has 22 heavy (non-hydrogen) atoms. The Balaban J connectivity index is 1.53. The first kappa shape index (κ1) is 15.8. The van der Waals surface area contributed by atoms with Crippen LogP contribution in [0.15, 0.2) is 18.2 Å².